The zero-order chi connectivity index (χ0) is 15.4. The van der Waals surface area contributed by atoms with E-state index >= 15 is 0 Å². The minimum atomic E-state index is 0.162. The minimum Gasteiger partial charge on any atom is -0.409 e. The molecule has 1 atom stereocenters. The number of piperazine rings is 1. The summed E-state index contributed by atoms with van der Waals surface area (Å²) in [6.45, 7) is 8.65. The number of nitrogens with two attached hydrogens (primary N) is 1. The number of benzene rings is 1. The van der Waals surface area contributed by atoms with E-state index in [-0.39, 0.29) is 5.84 Å². The number of nitrogens with zero attached hydrogens (tertiary/aromatic N) is 3. The number of likely N-dealkylation sites (N-methyl/N-ethyl adjacent to an activating group) is 1. The lowest BCUT2D eigenvalue weighted by atomic mass is 10.0. The third-order valence-corrected chi connectivity index (χ3v) is 4.47. The fraction of sp³-hybridized carbons (Fsp3) is 0.562. The predicted octanol–water partition coefficient (Wildman–Crippen LogP) is 1.62. The maximum atomic E-state index is 8.74. The van der Waals surface area contributed by atoms with Gasteiger partial charge in [0.15, 0.2) is 5.84 Å². The van der Waals surface area contributed by atoms with Crippen LogP contribution in [0.25, 0.3) is 0 Å². The maximum absolute atomic E-state index is 8.74. The van der Waals surface area contributed by atoms with Crippen molar-refractivity contribution in [3.63, 3.8) is 0 Å². The largest absolute Gasteiger partial charge is 0.409 e. The van der Waals surface area contributed by atoms with Gasteiger partial charge in [0.05, 0.1) is 0 Å². The lowest BCUT2D eigenvalue weighted by Crippen LogP contribution is -2.50. The smallest absolute Gasteiger partial charge is 0.170 e. The van der Waals surface area contributed by atoms with Crippen LogP contribution < -0.4 is 5.73 Å². The van der Waals surface area contributed by atoms with Crippen molar-refractivity contribution < 1.29 is 5.21 Å². The third-order valence-electron chi connectivity index (χ3n) is 4.47. The van der Waals surface area contributed by atoms with Gasteiger partial charge in [0.2, 0.25) is 0 Å². The second-order valence-corrected chi connectivity index (χ2v) is 5.90. The van der Waals surface area contributed by atoms with Crippen LogP contribution in [0.3, 0.4) is 0 Å². The van der Waals surface area contributed by atoms with Gasteiger partial charge in [-0.15, -0.1) is 0 Å². The number of rotatable bonds is 4. The van der Waals surface area contributed by atoms with Gasteiger partial charge in [0, 0.05) is 37.8 Å². The van der Waals surface area contributed by atoms with Crippen LogP contribution in [0.15, 0.2) is 23.4 Å². The normalized spacial score (nSPS) is 21.7. The van der Waals surface area contributed by atoms with E-state index < -0.39 is 0 Å². The Hall–Kier alpha value is -1.59. The fourth-order valence-electron chi connectivity index (χ4n) is 2.93. The highest BCUT2D eigenvalue weighted by molar-refractivity contribution is 5.97. The van der Waals surface area contributed by atoms with Crippen molar-refractivity contribution in [2.75, 3.05) is 26.7 Å². The zero-order valence-corrected chi connectivity index (χ0v) is 13.2. The first kappa shape index (κ1) is 15.8. The van der Waals surface area contributed by atoms with Gasteiger partial charge >= 0.3 is 0 Å². The van der Waals surface area contributed by atoms with Gasteiger partial charge in [0.25, 0.3) is 0 Å². The van der Waals surface area contributed by atoms with Gasteiger partial charge in [0.1, 0.15) is 0 Å². The summed E-state index contributed by atoms with van der Waals surface area (Å²) >= 11 is 0. The van der Waals surface area contributed by atoms with Crippen LogP contribution in [0.2, 0.25) is 0 Å². The van der Waals surface area contributed by atoms with E-state index in [0.717, 1.165) is 31.7 Å². The van der Waals surface area contributed by atoms with E-state index in [1.54, 1.807) is 0 Å². The number of amidine groups is 1. The summed E-state index contributed by atoms with van der Waals surface area (Å²) in [6, 6.07) is 6.64. The quantitative estimate of drug-likeness (QED) is 0.383. The minimum absolute atomic E-state index is 0.162. The van der Waals surface area contributed by atoms with Crippen molar-refractivity contribution in [1.29, 1.82) is 0 Å². The second kappa shape index (κ2) is 6.91. The van der Waals surface area contributed by atoms with Gasteiger partial charge in [-0.2, -0.15) is 0 Å². The number of oxime groups is 1. The molecule has 1 aliphatic heterocycles. The SMILES string of the molecule is CCC1CN(Cc2ccc(/C(N)=N/O)cc2C)CCN1C. The molecule has 0 bridgehead atoms. The highest BCUT2D eigenvalue weighted by Gasteiger charge is 2.23. The number of hydrogen-bond acceptors (Lipinski definition) is 4. The molecule has 1 aromatic carbocycles. The van der Waals surface area contributed by atoms with Crippen LogP contribution in [0, 0.1) is 6.92 Å². The molecule has 1 aromatic rings. The van der Waals surface area contributed by atoms with Gasteiger partial charge in [-0.05, 0) is 37.6 Å². The topological polar surface area (TPSA) is 65.1 Å². The first-order valence-corrected chi connectivity index (χ1v) is 7.55. The molecular weight excluding hydrogens is 264 g/mol. The first-order valence-electron chi connectivity index (χ1n) is 7.55. The maximum Gasteiger partial charge on any atom is 0.170 e. The summed E-state index contributed by atoms with van der Waals surface area (Å²) in [5, 5.41) is 11.8. The molecule has 1 unspecified atom stereocenters. The van der Waals surface area contributed by atoms with Crippen molar-refractivity contribution in [2.24, 2.45) is 10.9 Å². The molecule has 0 spiro atoms. The molecule has 0 aliphatic carbocycles. The molecule has 0 saturated carbocycles. The molecule has 1 saturated heterocycles. The Bertz CT molecular complexity index is 515. The molecule has 5 heteroatoms. The van der Waals surface area contributed by atoms with Crippen LogP contribution in [-0.2, 0) is 6.54 Å². The molecule has 1 heterocycles. The predicted molar refractivity (Wildman–Crippen MR) is 85.7 cm³/mol. The van der Waals surface area contributed by atoms with E-state index in [9.17, 15) is 0 Å². The molecule has 0 aromatic heterocycles. The Kier molecular flexibility index (Phi) is 5.20. The number of aryl methyl sites for hydroxylation is 1. The van der Waals surface area contributed by atoms with E-state index in [2.05, 4.69) is 41.9 Å². The molecule has 1 aliphatic rings. The van der Waals surface area contributed by atoms with Crippen molar-refractivity contribution in [3.8, 4) is 0 Å². The van der Waals surface area contributed by atoms with Crippen molar-refractivity contribution in [1.82, 2.24) is 9.80 Å². The van der Waals surface area contributed by atoms with E-state index in [1.807, 2.05) is 12.1 Å². The van der Waals surface area contributed by atoms with Crippen LogP contribution in [0.5, 0.6) is 0 Å². The molecule has 0 amide bonds. The summed E-state index contributed by atoms with van der Waals surface area (Å²) in [5.74, 6) is 0.162. The van der Waals surface area contributed by atoms with E-state index in [1.165, 1.54) is 17.5 Å². The summed E-state index contributed by atoms with van der Waals surface area (Å²) in [7, 11) is 2.21. The third kappa shape index (κ3) is 3.74. The Morgan fingerprint density at radius 2 is 2.19 bits per heavy atom. The van der Waals surface area contributed by atoms with Crippen molar-refractivity contribution >= 4 is 5.84 Å². The Morgan fingerprint density at radius 3 is 2.81 bits per heavy atom. The zero-order valence-electron chi connectivity index (χ0n) is 13.2. The van der Waals surface area contributed by atoms with E-state index in [4.69, 9.17) is 10.9 Å². The highest BCUT2D eigenvalue weighted by atomic mass is 16.4. The van der Waals surface area contributed by atoms with Gasteiger partial charge in [-0.3, -0.25) is 4.90 Å². The lowest BCUT2D eigenvalue weighted by molar-refractivity contribution is 0.0882. The van der Waals surface area contributed by atoms with Crippen LogP contribution in [0.1, 0.15) is 30.0 Å². The van der Waals surface area contributed by atoms with Crippen molar-refractivity contribution in [2.45, 2.75) is 32.9 Å². The van der Waals surface area contributed by atoms with Crippen LogP contribution in [-0.4, -0.2) is 53.6 Å². The monoisotopic (exact) mass is 290 g/mol. The van der Waals surface area contributed by atoms with Gasteiger partial charge in [-0.1, -0.05) is 24.2 Å². The molecule has 21 heavy (non-hydrogen) atoms. The van der Waals surface area contributed by atoms with E-state index in [0.29, 0.717) is 6.04 Å². The molecular formula is C16H26N4O. The molecule has 2 rings (SSSR count). The summed E-state index contributed by atoms with van der Waals surface area (Å²) in [4.78, 5) is 4.96. The molecule has 0 radical (unpaired) electrons. The first-order chi connectivity index (χ1) is 10.0. The summed E-state index contributed by atoms with van der Waals surface area (Å²) in [6.07, 6.45) is 1.19. The lowest BCUT2D eigenvalue weighted by Gasteiger charge is -2.39. The fourth-order valence-corrected chi connectivity index (χ4v) is 2.93. The standard InChI is InChI=1S/C16H26N4O/c1-4-15-11-20(8-7-19(15)3)10-14-6-5-13(9-12(14)2)16(17)18-21/h5-6,9,15,21H,4,7-8,10-11H2,1-3H3,(H2,17,18). The highest BCUT2D eigenvalue weighted by Crippen LogP contribution is 2.17. The summed E-state index contributed by atoms with van der Waals surface area (Å²) in [5.41, 5.74) is 8.90. The average Bonchev–Trinajstić information content (AvgIpc) is 2.50. The van der Waals surface area contributed by atoms with Gasteiger partial charge in [-0.25, -0.2) is 0 Å². The molecule has 3 N–H and O–H groups in total. The average molecular weight is 290 g/mol. The molecule has 116 valence electrons. The molecule has 1 fully saturated rings. The molecule has 5 nitrogen and oxygen atoms in total. The second-order valence-electron chi connectivity index (χ2n) is 5.90. The summed E-state index contributed by atoms with van der Waals surface area (Å²) < 4.78 is 0. The van der Waals surface area contributed by atoms with Crippen molar-refractivity contribution in [3.05, 3.63) is 34.9 Å². The Balaban J connectivity index is 2.06. The Labute approximate surface area is 127 Å². The van der Waals surface area contributed by atoms with Crippen LogP contribution in [0.4, 0.5) is 0 Å². The number of hydrogen-bond donors (Lipinski definition) is 2. The Morgan fingerprint density at radius 1 is 1.43 bits per heavy atom. The van der Waals surface area contributed by atoms with Crippen LogP contribution >= 0.6 is 0 Å². The van der Waals surface area contributed by atoms with Gasteiger partial charge < -0.3 is 15.8 Å².